The summed E-state index contributed by atoms with van der Waals surface area (Å²) in [6.07, 6.45) is 0. The van der Waals surface area contributed by atoms with Gasteiger partial charge in [-0.05, 0) is 122 Å². The van der Waals surface area contributed by atoms with Gasteiger partial charge in [0.15, 0.2) is 14.3 Å². The van der Waals surface area contributed by atoms with Crippen molar-refractivity contribution in [3.63, 3.8) is 0 Å². The van der Waals surface area contributed by atoms with Gasteiger partial charge < -0.3 is 9.13 Å². The van der Waals surface area contributed by atoms with Crippen LogP contribution in [0, 0.1) is 52.5 Å². The molecule has 2 atom stereocenters. The highest BCUT2D eigenvalue weighted by molar-refractivity contribution is 7.85. The minimum absolute atomic E-state index is 0.110. The van der Waals surface area contributed by atoms with Gasteiger partial charge in [0, 0.05) is 78.8 Å². The predicted molar refractivity (Wildman–Crippen MR) is 257 cm³/mol. The summed E-state index contributed by atoms with van der Waals surface area (Å²) in [4.78, 5) is 0. The average Bonchev–Trinajstić information content (AvgIpc) is 3.76. The van der Waals surface area contributed by atoms with Crippen LogP contribution in [0.15, 0.2) is 145 Å². The van der Waals surface area contributed by atoms with Crippen LogP contribution >= 0.6 is 14.3 Å². The van der Waals surface area contributed by atoms with Crippen molar-refractivity contribution < 1.29 is 44.3 Å². The van der Waals surface area contributed by atoms with Gasteiger partial charge in [0.1, 0.15) is 46.5 Å². The summed E-state index contributed by atoms with van der Waals surface area (Å²) in [5, 5.41) is -0.881. The van der Waals surface area contributed by atoms with Crippen molar-refractivity contribution >= 4 is 57.3 Å². The molecular weight excluding hydrogens is 931 g/mol. The molecule has 0 saturated heterocycles. The van der Waals surface area contributed by atoms with Crippen LogP contribution in [0.5, 0.6) is 0 Å². The molecule has 0 amide bonds. The van der Waals surface area contributed by atoms with Crippen molar-refractivity contribution in [1.82, 2.24) is 0 Å². The van der Waals surface area contributed by atoms with E-state index in [1.54, 1.807) is 24.3 Å². The van der Waals surface area contributed by atoms with E-state index in [0.29, 0.717) is 24.3 Å². The van der Waals surface area contributed by atoms with Crippen LogP contribution in [-0.2, 0) is 25.4 Å². The van der Waals surface area contributed by atoms with Crippen LogP contribution < -0.4 is 31.8 Å². The van der Waals surface area contributed by atoms with Gasteiger partial charge >= 0.3 is 0 Å². The molecule has 0 aromatic heterocycles. The van der Waals surface area contributed by atoms with Gasteiger partial charge in [0.25, 0.3) is 0 Å². The van der Waals surface area contributed by atoms with E-state index in [1.165, 1.54) is 0 Å². The van der Waals surface area contributed by atoms with E-state index in [2.05, 4.69) is 53.7 Å². The van der Waals surface area contributed by atoms with Crippen LogP contribution in [0.25, 0.3) is 11.1 Å². The first-order valence-electron chi connectivity index (χ1n) is 22.4. The van der Waals surface area contributed by atoms with Crippen LogP contribution in [0.2, 0.25) is 0 Å². The van der Waals surface area contributed by atoms with Crippen molar-refractivity contribution in [2.45, 2.75) is 63.7 Å². The van der Waals surface area contributed by atoms with Crippen LogP contribution in [-0.4, -0.2) is 0 Å². The normalized spacial score (nSPS) is 19.2. The van der Waals surface area contributed by atoms with E-state index >= 15 is 44.3 Å². The molecule has 0 bridgehead atoms. The summed E-state index contributed by atoms with van der Waals surface area (Å²) >= 11 is 0. The summed E-state index contributed by atoms with van der Waals surface area (Å²) in [5.41, 5.74) is 7.26. The second kappa shape index (κ2) is 15.0. The number of hydrogen-bond donors (Lipinski definition) is 0. The molecule has 7 aromatic rings. The lowest BCUT2D eigenvalue weighted by Crippen LogP contribution is -2.34. The molecule has 348 valence electrons. The lowest BCUT2D eigenvalue weighted by molar-refractivity contribution is 0.381. The molecule has 7 aromatic carbocycles. The summed E-state index contributed by atoms with van der Waals surface area (Å²) in [5.74, 6) is -8.73. The minimum Gasteiger partial charge on any atom is -0.309 e. The Balaban J connectivity index is 1.17. The number of benzene rings is 7. The van der Waals surface area contributed by atoms with E-state index in [0.717, 1.165) is 104 Å². The molecule has 0 heterocycles. The highest BCUT2D eigenvalue weighted by atomic mass is 31.2. The van der Waals surface area contributed by atoms with Crippen molar-refractivity contribution in [2.75, 3.05) is 0 Å². The maximum atomic E-state index is 15.8. The molecule has 2 nitrogen and oxygen atoms in total. The van der Waals surface area contributed by atoms with Gasteiger partial charge in [0.05, 0.1) is 0 Å². The third-order valence-electron chi connectivity index (χ3n) is 15.3. The van der Waals surface area contributed by atoms with Gasteiger partial charge in [-0.1, -0.05) is 90.1 Å². The summed E-state index contributed by atoms with van der Waals surface area (Å²) in [6, 6.07) is 28.6. The zero-order valence-electron chi connectivity index (χ0n) is 38.1. The summed E-state index contributed by atoms with van der Waals surface area (Å²) in [6.45, 7) is 12.6. The van der Waals surface area contributed by atoms with Crippen molar-refractivity contribution in [3.05, 3.63) is 225 Å². The van der Waals surface area contributed by atoms with Gasteiger partial charge in [-0.3, -0.25) is 0 Å². The maximum absolute atomic E-state index is 15.8. The van der Waals surface area contributed by atoms with E-state index in [9.17, 15) is 0 Å². The molecule has 4 aliphatic rings. The topological polar surface area (TPSA) is 34.1 Å². The molecule has 4 aliphatic carbocycles. The molecule has 11 rings (SSSR count). The molecule has 0 fully saturated rings. The third kappa shape index (κ3) is 6.36. The van der Waals surface area contributed by atoms with Crippen LogP contribution in [0.4, 0.5) is 35.1 Å². The van der Waals surface area contributed by atoms with Gasteiger partial charge in [0.2, 0.25) is 0 Å². The Bertz CT molecular complexity index is 3430. The monoisotopic (exact) mass is 972 g/mol. The molecule has 0 saturated carbocycles. The zero-order chi connectivity index (χ0) is 49.1. The Morgan fingerprint density at radius 2 is 0.812 bits per heavy atom. The fourth-order valence-electron chi connectivity index (χ4n) is 12.5. The number of halogens is 8. The van der Waals surface area contributed by atoms with Gasteiger partial charge in [-0.25, -0.2) is 35.1 Å². The molecule has 0 radical (unpaired) electrons. The quantitative estimate of drug-likeness (QED) is 0.123. The average molecular weight is 973 g/mol. The first-order valence-corrected chi connectivity index (χ1v) is 25.9. The molecule has 0 N–H and O–H groups in total. The highest BCUT2D eigenvalue weighted by Crippen LogP contribution is 2.72. The second-order valence-corrected chi connectivity index (χ2v) is 25.8. The predicted octanol–water partition coefficient (Wildman–Crippen LogP) is 12.6. The lowest BCUT2D eigenvalue weighted by atomic mass is 9.60. The number of allylic oxidation sites excluding steroid dienone is 4. The second-order valence-electron chi connectivity index (χ2n) is 20.3. The van der Waals surface area contributed by atoms with Crippen molar-refractivity contribution in [2.24, 2.45) is 5.92 Å². The van der Waals surface area contributed by atoms with E-state index in [-0.39, 0.29) is 43.7 Å². The first-order chi connectivity index (χ1) is 32.5. The van der Waals surface area contributed by atoms with Crippen LogP contribution in [0.3, 0.4) is 0 Å². The Hall–Kier alpha value is -6.08. The van der Waals surface area contributed by atoms with E-state index in [1.807, 2.05) is 24.3 Å². The number of hydrogen-bond acceptors (Lipinski definition) is 2. The van der Waals surface area contributed by atoms with Crippen molar-refractivity contribution in [1.29, 1.82) is 0 Å². The number of rotatable bonds is 6. The molecule has 12 heteroatoms. The SMILES string of the molecule is CC1(C)C2=C(c3ccc(P(=O)(c4cc(F)cc(F)c4)c4cc(F)cc(F)c4)cc31)C1C(C3=C2c2ccccc2C3(C)C)c2ccc(P(=O)(c3cc(F)cc(F)c3)c3cc(F)cc(F)c3)cc2C1(C)C. The first kappa shape index (κ1) is 45.4. The summed E-state index contributed by atoms with van der Waals surface area (Å²) in [7, 11) is -8.80. The molecule has 69 heavy (non-hydrogen) atoms. The molecule has 0 aliphatic heterocycles. The Morgan fingerprint density at radius 1 is 0.406 bits per heavy atom. The molecule has 2 unspecified atom stereocenters. The summed E-state index contributed by atoms with van der Waals surface area (Å²) < 4.78 is 152. The van der Waals surface area contributed by atoms with Crippen molar-refractivity contribution in [3.8, 4) is 0 Å². The van der Waals surface area contributed by atoms with E-state index < -0.39 is 77.1 Å². The molecular formula is C57H42F8O2P2. The van der Waals surface area contributed by atoms with Crippen LogP contribution in [0.1, 0.15) is 80.8 Å². The fourth-order valence-corrected chi connectivity index (χ4v) is 17.9. The number of fused-ring (bicyclic) bond motifs is 10. The zero-order valence-corrected chi connectivity index (χ0v) is 39.9. The fraction of sp³-hybridized carbons (Fsp3) is 0.193. The van der Waals surface area contributed by atoms with Gasteiger partial charge in [-0.2, -0.15) is 0 Å². The highest BCUT2D eigenvalue weighted by Gasteiger charge is 2.61. The minimum atomic E-state index is -4.40. The Morgan fingerprint density at radius 3 is 1.26 bits per heavy atom. The third-order valence-corrected chi connectivity index (χ3v) is 21.2. The largest absolute Gasteiger partial charge is 0.309 e. The Labute approximate surface area is 394 Å². The lowest BCUT2D eigenvalue weighted by Gasteiger charge is -2.42. The maximum Gasteiger partial charge on any atom is 0.171 e. The van der Waals surface area contributed by atoms with E-state index in [4.69, 9.17) is 0 Å². The van der Waals surface area contributed by atoms with Gasteiger partial charge in [-0.15, -0.1) is 0 Å². The standard InChI is InChI=1S/C57H42F8O2P2/c1-55(2)46-10-8-7-9-43(46)49-52(55)50-44-13-11-37(68(66,39-19-29(58)15-30(59)20-39)40-21-31(60)16-32(61)22-40)27-47(44)57(5,6)54(50)51-45-14-12-38(28-48(45)56(3,4)53(49)51)69(67,41-23-33(62)17-34(63)24-41)42-25-35(64)18-36(65)26-42/h7-28,50,54H,1-6H3. The molecule has 0 spiro atoms. The Kier molecular flexibility index (Phi) is 9.84. The smallest absolute Gasteiger partial charge is 0.171 e.